The van der Waals surface area contributed by atoms with E-state index in [0.717, 1.165) is 22.8 Å². The lowest BCUT2D eigenvalue weighted by Gasteiger charge is -2.11. The van der Waals surface area contributed by atoms with E-state index in [1.165, 1.54) is 0 Å². The third kappa shape index (κ3) is 5.05. The molecule has 5 heteroatoms. The van der Waals surface area contributed by atoms with E-state index in [-0.39, 0.29) is 4.49 Å². The largest absolute Gasteiger partial charge is 0.426 e. The van der Waals surface area contributed by atoms with E-state index in [2.05, 4.69) is 0 Å². The van der Waals surface area contributed by atoms with Crippen molar-refractivity contribution in [3.63, 3.8) is 0 Å². The molecule has 0 heterocycles. The van der Waals surface area contributed by atoms with E-state index >= 15 is 0 Å². The Hall–Kier alpha value is -1.32. The maximum atomic E-state index is 11.6. The van der Waals surface area contributed by atoms with Crippen molar-refractivity contribution in [1.29, 1.82) is 0 Å². The minimum absolute atomic E-state index is 0.180. The van der Waals surface area contributed by atoms with Crippen LogP contribution >= 0.6 is 23.2 Å². The topological polar surface area (TPSA) is 43.4 Å². The summed E-state index contributed by atoms with van der Waals surface area (Å²) in [5.41, 5.74) is 2.79. The fraction of sp³-hybridized carbons (Fsp3) is 0.286. The first-order chi connectivity index (χ1) is 8.79. The number of carbonyl (C=O) groups excluding carboxylic acids is 2. The van der Waals surface area contributed by atoms with Gasteiger partial charge in [-0.05, 0) is 31.9 Å². The van der Waals surface area contributed by atoms with E-state index in [0.29, 0.717) is 5.75 Å². The summed E-state index contributed by atoms with van der Waals surface area (Å²) in [7, 11) is 0. The maximum absolute atomic E-state index is 11.6. The molecule has 0 spiro atoms. The molecule has 1 aromatic rings. The number of halogens is 2. The fourth-order valence-electron chi connectivity index (χ4n) is 1.79. The second-order valence-corrected chi connectivity index (χ2v) is 5.29. The molecule has 0 aliphatic heterocycles. The van der Waals surface area contributed by atoms with Crippen LogP contribution in [0, 0.1) is 20.8 Å². The minimum Gasteiger partial charge on any atom is -0.426 e. The number of esters is 1. The van der Waals surface area contributed by atoms with Crippen molar-refractivity contribution >= 4 is 35.0 Å². The smallest absolute Gasteiger partial charge is 0.319 e. The molecular formula is C14H14Cl2O3. The zero-order chi connectivity index (χ0) is 14.6. The molecule has 0 radical (unpaired) electrons. The van der Waals surface area contributed by atoms with Crippen LogP contribution in [-0.2, 0) is 9.59 Å². The molecule has 3 nitrogen and oxygen atoms in total. The number of ketones is 1. The number of hydrogen-bond acceptors (Lipinski definition) is 3. The standard InChI is InChI=1S/C14H14Cl2O3/c1-8-4-9(2)14(10(3)5-8)19-13(18)7-11(17)6-12(15)16/h4-6H,7H2,1-3H3. The molecule has 0 saturated heterocycles. The number of hydrogen-bond donors (Lipinski definition) is 0. The second-order valence-electron chi connectivity index (χ2n) is 4.28. The summed E-state index contributed by atoms with van der Waals surface area (Å²) in [5, 5.41) is 0. The third-order valence-electron chi connectivity index (χ3n) is 2.41. The van der Waals surface area contributed by atoms with Gasteiger partial charge in [0.15, 0.2) is 5.78 Å². The highest BCUT2D eigenvalue weighted by molar-refractivity contribution is 6.56. The Labute approximate surface area is 122 Å². The lowest BCUT2D eigenvalue weighted by molar-refractivity contribution is -0.137. The molecule has 0 fully saturated rings. The van der Waals surface area contributed by atoms with E-state index < -0.39 is 18.2 Å². The molecule has 1 rings (SSSR count). The van der Waals surface area contributed by atoms with Gasteiger partial charge in [-0.3, -0.25) is 9.59 Å². The average molecular weight is 301 g/mol. The number of benzene rings is 1. The van der Waals surface area contributed by atoms with Gasteiger partial charge in [0.25, 0.3) is 0 Å². The van der Waals surface area contributed by atoms with Gasteiger partial charge < -0.3 is 4.74 Å². The number of ether oxygens (including phenoxy) is 1. The molecule has 0 saturated carbocycles. The molecule has 19 heavy (non-hydrogen) atoms. The average Bonchev–Trinajstić information content (AvgIpc) is 2.21. The van der Waals surface area contributed by atoms with Crippen molar-refractivity contribution in [2.45, 2.75) is 27.2 Å². The Kier molecular flexibility index (Phi) is 5.58. The molecule has 1 aromatic carbocycles. The van der Waals surface area contributed by atoms with E-state index in [4.69, 9.17) is 27.9 Å². The van der Waals surface area contributed by atoms with Gasteiger partial charge in [-0.25, -0.2) is 0 Å². The first-order valence-electron chi connectivity index (χ1n) is 5.63. The normalized spacial score (nSPS) is 9.95. The minimum atomic E-state index is -0.633. The van der Waals surface area contributed by atoms with Crippen molar-refractivity contribution < 1.29 is 14.3 Å². The van der Waals surface area contributed by atoms with Gasteiger partial charge in [0.2, 0.25) is 0 Å². The highest BCUT2D eigenvalue weighted by atomic mass is 35.5. The summed E-state index contributed by atoms with van der Waals surface area (Å²) >= 11 is 10.7. The van der Waals surface area contributed by atoms with Crippen molar-refractivity contribution in [1.82, 2.24) is 0 Å². The van der Waals surface area contributed by atoms with E-state index in [9.17, 15) is 9.59 Å². The van der Waals surface area contributed by atoms with Crippen molar-refractivity contribution in [2.24, 2.45) is 0 Å². The molecule has 0 N–H and O–H groups in total. The lowest BCUT2D eigenvalue weighted by atomic mass is 10.1. The molecular weight excluding hydrogens is 287 g/mol. The van der Waals surface area contributed by atoms with Crippen LogP contribution in [0.4, 0.5) is 0 Å². The zero-order valence-corrected chi connectivity index (χ0v) is 12.4. The number of allylic oxidation sites excluding steroid dienone is 1. The zero-order valence-electron chi connectivity index (χ0n) is 10.9. The predicted molar refractivity (Wildman–Crippen MR) is 75.7 cm³/mol. The fourth-order valence-corrected chi connectivity index (χ4v) is 2.04. The quantitative estimate of drug-likeness (QED) is 0.368. The van der Waals surface area contributed by atoms with Gasteiger partial charge in [-0.2, -0.15) is 0 Å². The summed E-state index contributed by atoms with van der Waals surface area (Å²) in [6.45, 7) is 5.66. The molecule has 0 atom stereocenters. The van der Waals surface area contributed by atoms with Gasteiger partial charge in [0.1, 0.15) is 16.7 Å². The monoisotopic (exact) mass is 300 g/mol. The van der Waals surface area contributed by atoms with Crippen LogP contribution in [0.15, 0.2) is 22.7 Å². The van der Waals surface area contributed by atoms with Crippen LogP contribution in [0.2, 0.25) is 0 Å². The SMILES string of the molecule is Cc1cc(C)c(OC(=O)CC(=O)C=C(Cl)Cl)c(C)c1. The molecule has 0 bridgehead atoms. The molecule has 102 valence electrons. The van der Waals surface area contributed by atoms with Gasteiger partial charge in [0.05, 0.1) is 0 Å². The molecule has 0 aliphatic carbocycles. The molecule has 0 aromatic heterocycles. The van der Waals surface area contributed by atoms with Crippen LogP contribution in [0.25, 0.3) is 0 Å². The van der Waals surface area contributed by atoms with Gasteiger partial charge in [0, 0.05) is 6.08 Å². The Morgan fingerprint density at radius 1 is 1.16 bits per heavy atom. The highest BCUT2D eigenvalue weighted by Gasteiger charge is 2.13. The number of carbonyl (C=O) groups is 2. The Morgan fingerprint density at radius 3 is 2.16 bits per heavy atom. The second kappa shape index (κ2) is 6.73. The van der Waals surface area contributed by atoms with Crippen molar-refractivity contribution in [3.8, 4) is 5.75 Å². The highest BCUT2D eigenvalue weighted by Crippen LogP contribution is 2.25. The third-order valence-corrected chi connectivity index (χ3v) is 2.63. The van der Waals surface area contributed by atoms with Gasteiger partial charge in [-0.15, -0.1) is 0 Å². The van der Waals surface area contributed by atoms with Crippen LogP contribution in [0.3, 0.4) is 0 Å². The first-order valence-corrected chi connectivity index (χ1v) is 6.39. The summed E-state index contributed by atoms with van der Waals surface area (Å²) in [4.78, 5) is 23.0. The predicted octanol–water partition coefficient (Wildman–Crippen LogP) is 3.80. The van der Waals surface area contributed by atoms with E-state index in [1.54, 1.807) is 0 Å². The Bertz CT molecular complexity index is 521. The molecule has 0 aliphatic rings. The van der Waals surface area contributed by atoms with Crippen LogP contribution in [-0.4, -0.2) is 11.8 Å². The summed E-state index contributed by atoms with van der Waals surface area (Å²) < 4.78 is 5.03. The first kappa shape index (κ1) is 15.7. The Morgan fingerprint density at radius 2 is 1.68 bits per heavy atom. The Balaban J connectivity index is 2.78. The maximum Gasteiger partial charge on any atom is 0.319 e. The number of rotatable bonds is 4. The molecule has 0 amide bonds. The lowest BCUT2D eigenvalue weighted by Crippen LogP contribution is -2.14. The van der Waals surface area contributed by atoms with Crippen LogP contribution in [0.5, 0.6) is 5.75 Å². The molecule has 0 unspecified atom stereocenters. The van der Waals surface area contributed by atoms with Crippen molar-refractivity contribution in [2.75, 3.05) is 0 Å². The van der Waals surface area contributed by atoms with E-state index in [1.807, 2.05) is 32.9 Å². The number of aryl methyl sites for hydroxylation is 3. The van der Waals surface area contributed by atoms with Gasteiger partial charge >= 0.3 is 5.97 Å². The summed E-state index contributed by atoms with van der Waals surface area (Å²) in [6, 6.07) is 3.82. The van der Waals surface area contributed by atoms with Gasteiger partial charge in [-0.1, -0.05) is 40.9 Å². The van der Waals surface area contributed by atoms with Crippen molar-refractivity contribution in [3.05, 3.63) is 39.4 Å². The van der Waals surface area contributed by atoms with Crippen LogP contribution < -0.4 is 4.74 Å². The summed E-state index contributed by atoms with van der Waals surface area (Å²) in [6.07, 6.45) is 0.592. The summed E-state index contributed by atoms with van der Waals surface area (Å²) in [5.74, 6) is -0.636. The van der Waals surface area contributed by atoms with Crippen LogP contribution in [0.1, 0.15) is 23.1 Å².